The number of benzene rings is 2. The van der Waals surface area contributed by atoms with Crippen LogP contribution >= 0.6 is 0 Å². The number of carbonyl (C=O) groups excluding carboxylic acids is 1. The van der Waals surface area contributed by atoms with E-state index in [1.54, 1.807) is 31.3 Å². The molecule has 2 fully saturated rings. The second kappa shape index (κ2) is 13.0. The first kappa shape index (κ1) is 26.3. The lowest BCUT2D eigenvalue weighted by Gasteiger charge is -2.37. The van der Waals surface area contributed by atoms with E-state index in [9.17, 15) is 9.18 Å². The zero-order valence-electron chi connectivity index (χ0n) is 21.2. The lowest BCUT2D eigenvalue weighted by molar-refractivity contribution is -0.0443. The summed E-state index contributed by atoms with van der Waals surface area (Å²) in [6.45, 7) is 7.66. The maximum Gasteiger partial charge on any atom is 0.254 e. The first-order chi connectivity index (χ1) is 17.6. The summed E-state index contributed by atoms with van der Waals surface area (Å²) in [4.78, 5) is 19.8. The van der Waals surface area contributed by atoms with E-state index in [4.69, 9.17) is 18.9 Å². The zero-order chi connectivity index (χ0) is 25.3. The number of rotatable bonds is 10. The van der Waals surface area contributed by atoms with Gasteiger partial charge in [-0.2, -0.15) is 0 Å². The van der Waals surface area contributed by atoms with Crippen LogP contribution in [0.25, 0.3) is 0 Å². The molecule has 0 aliphatic carbocycles. The van der Waals surface area contributed by atoms with Crippen molar-refractivity contribution >= 4 is 5.91 Å². The van der Waals surface area contributed by atoms with E-state index in [-0.39, 0.29) is 12.0 Å². The average molecular weight is 502 g/mol. The molecule has 2 aromatic carbocycles. The smallest absolute Gasteiger partial charge is 0.254 e. The van der Waals surface area contributed by atoms with Crippen molar-refractivity contribution in [1.82, 2.24) is 14.7 Å². The fraction of sp³-hybridized carbons (Fsp3) is 0.519. The highest BCUT2D eigenvalue weighted by Gasteiger charge is 2.27. The largest absolute Gasteiger partial charge is 0.493 e. The lowest BCUT2D eigenvalue weighted by atomic mass is 10.1. The molecule has 1 atom stereocenters. The molecule has 0 unspecified atom stereocenters. The summed E-state index contributed by atoms with van der Waals surface area (Å²) in [5.74, 6) is 0.815. The SMILES string of the molecule is COc1ccc(CN2CCO[C@H](CN(CCN3CCOCC3)C(=O)c3cccc(F)c3)C2)cc1OC. The molecule has 4 rings (SSSR count). The number of morpholine rings is 2. The average Bonchev–Trinajstić information content (AvgIpc) is 2.91. The molecule has 0 N–H and O–H groups in total. The van der Waals surface area contributed by atoms with Gasteiger partial charge in [0.2, 0.25) is 0 Å². The molecule has 0 radical (unpaired) electrons. The monoisotopic (exact) mass is 501 g/mol. The predicted octanol–water partition coefficient (Wildman–Crippen LogP) is 2.52. The number of hydrogen-bond donors (Lipinski definition) is 0. The second-order valence-electron chi connectivity index (χ2n) is 9.13. The minimum atomic E-state index is -0.413. The summed E-state index contributed by atoms with van der Waals surface area (Å²) in [5.41, 5.74) is 1.48. The van der Waals surface area contributed by atoms with Gasteiger partial charge in [-0.3, -0.25) is 14.6 Å². The number of halogens is 1. The van der Waals surface area contributed by atoms with Gasteiger partial charge in [0.1, 0.15) is 5.82 Å². The standard InChI is InChI=1S/C27H36FN3O5/c1-33-25-7-6-21(16-26(25)34-2)18-30-12-15-36-24(19-30)20-31(9-8-29-10-13-35-14-11-29)27(32)22-4-3-5-23(28)17-22/h3-7,16-17,24H,8-15,18-20H2,1-2H3/t24-/m0/s1. The molecule has 36 heavy (non-hydrogen) atoms. The Labute approximate surface area is 212 Å². The van der Waals surface area contributed by atoms with Gasteiger partial charge in [-0.25, -0.2) is 4.39 Å². The van der Waals surface area contributed by atoms with Crippen molar-refractivity contribution in [1.29, 1.82) is 0 Å². The quantitative estimate of drug-likeness (QED) is 0.496. The minimum absolute atomic E-state index is 0.138. The number of hydrogen-bond acceptors (Lipinski definition) is 7. The van der Waals surface area contributed by atoms with Crippen LogP contribution in [0.4, 0.5) is 4.39 Å². The number of ether oxygens (including phenoxy) is 4. The van der Waals surface area contributed by atoms with E-state index in [2.05, 4.69) is 9.80 Å². The highest BCUT2D eigenvalue weighted by Crippen LogP contribution is 2.28. The van der Waals surface area contributed by atoms with E-state index >= 15 is 0 Å². The van der Waals surface area contributed by atoms with Crippen molar-refractivity contribution in [3.63, 3.8) is 0 Å². The van der Waals surface area contributed by atoms with Crippen LogP contribution in [-0.2, 0) is 16.0 Å². The first-order valence-corrected chi connectivity index (χ1v) is 12.5. The molecule has 2 aliphatic rings. The van der Waals surface area contributed by atoms with Gasteiger partial charge < -0.3 is 23.8 Å². The predicted molar refractivity (Wildman–Crippen MR) is 134 cm³/mol. The molecule has 0 aromatic heterocycles. The Bertz CT molecular complexity index is 1000. The van der Waals surface area contributed by atoms with Crippen molar-refractivity contribution in [3.8, 4) is 11.5 Å². The molecule has 196 valence electrons. The van der Waals surface area contributed by atoms with Crippen molar-refractivity contribution in [2.24, 2.45) is 0 Å². The summed E-state index contributed by atoms with van der Waals surface area (Å²) in [7, 11) is 3.26. The van der Waals surface area contributed by atoms with Gasteiger partial charge in [-0.15, -0.1) is 0 Å². The van der Waals surface area contributed by atoms with Gasteiger partial charge >= 0.3 is 0 Å². The summed E-state index contributed by atoms with van der Waals surface area (Å²) in [6, 6.07) is 11.8. The number of carbonyl (C=O) groups is 1. The van der Waals surface area contributed by atoms with E-state index < -0.39 is 5.82 Å². The highest BCUT2D eigenvalue weighted by atomic mass is 19.1. The molecular weight excluding hydrogens is 465 g/mol. The Hall–Kier alpha value is -2.72. The molecule has 0 spiro atoms. The summed E-state index contributed by atoms with van der Waals surface area (Å²) in [5, 5.41) is 0. The molecule has 2 heterocycles. The van der Waals surface area contributed by atoms with Crippen LogP contribution in [0.3, 0.4) is 0 Å². The molecule has 1 amide bonds. The Balaban J connectivity index is 1.41. The van der Waals surface area contributed by atoms with Gasteiger partial charge in [-0.1, -0.05) is 12.1 Å². The fourth-order valence-electron chi connectivity index (χ4n) is 4.68. The molecule has 2 aromatic rings. The second-order valence-corrected chi connectivity index (χ2v) is 9.13. The van der Waals surface area contributed by atoms with Crippen LogP contribution < -0.4 is 9.47 Å². The van der Waals surface area contributed by atoms with Crippen molar-refractivity contribution < 1.29 is 28.1 Å². The van der Waals surface area contributed by atoms with Gasteiger partial charge in [0, 0.05) is 57.9 Å². The lowest BCUT2D eigenvalue weighted by Crippen LogP contribution is -2.50. The first-order valence-electron chi connectivity index (χ1n) is 12.5. The molecule has 2 saturated heterocycles. The van der Waals surface area contributed by atoms with Crippen LogP contribution in [0.2, 0.25) is 0 Å². The molecule has 8 nitrogen and oxygen atoms in total. The van der Waals surface area contributed by atoms with Gasteiger partial charge in [0.25, 0.3) is 5.91 Å². The molecule has 2 aliphatic heterocycles. The van der Waals surface area contributed by atoms with E-state index in [0.717, 1.165) is 38.3 Å². The van der Waals surface area contributed by atoms with Crippen LogP contribution in [0.15, 0.2) is 42.5 Å². The maximum atomic E-state index is 13.8. The number of nitrogens with zero attached hydrogens (tertiary/aromatic N) is 3. The number of amides is 1. The van der Waals surface area contributed by atoms with Crippen LogP contribution in [0.1, 0.15) is 15.9 Å². The van der Waals surface area contributed by atoms with Gasteiger partial charge in [0.05, 0.1) is 40.1 Å². The normalized spacial score (nSPS) is 19.1. The molecule has 0 saturated carbocycles. The zero-order valence-corrected chi connectivity index (χ0v) is 21.2. The van der Waals surface area contributed by atoms with Crippen LogP contribution in [0.5, 0.6) is 11.5 Å². The molecular formula is C27H36FN3O5. The Kier molecular flexibility index (Phi) is 9.52. The summed E-state index contributed by atoms with van der Waals surface area (Å²) in [6.07, 6.45) is -0.138. The maximum absolute atomic E-state index is 13.8. The Morgan fingerprint density at radius 1 is 1.03 bits per heavy atom. The highest BCUT2D eigenvalue weighted by molar-refractivity contribution is 5.94. The van der Waals surface area contributed by atoms with Crippen LogP contribution in [0, 0.1) is 5.82 Å². The molecule has 9 heteroatoms. The number of methoxy groups -OCH3 is 2. The third kappa shape index (κ3) is 7.16. The van der Waals surface area contributed by atoms with Crippen molar-refractivity contribution in [3.05, 3.63) is 59.4 Å². The van der Waals surface area contributed by atoms with Crippen molar-refractivity contribution in [2.45, 2.75) is 12.6 Å². The van der Waals surface area contributed by atoms with Crippen molar-refractivity contribution in [2.75, 3.05) is 79.9 Å². The third-order valence-corrected chi connectivity index (χ3v) is 6.65. The topological polar surface area (TPSA) is 63.7 Å². The van der Waals surface area contributed by atoms with Crippen LogP contribution in [-0.4, -0.2) is 107 Å². The van der Waals surface area contributed by atoms with E-state index in [1.165, 1.54) is 12.1 Å². The van der Waals surface area contributed by atoms with E-state index in [1.807, 2.05) is 18.2 Å². The Morgan fingerprint density at radius 2 is 1.81 bits per heavy atom. The van der Waals surface area contributed by atoms with Gasteiger partial charge in [-0.05, 0) is 35.9 Å². The molecule has 0 bridgehead atoms. The Morgan fingerprint density at radius 3 is 2.56 bits per heavy atom. The summed E-state index contributed by atoms with van der Waals surface area (Å²) < 4.78 is 36.1. The fourth-order valence-corrected chi connectivity index (χ4v) is 4.68. The van der Waals surface area contributed by atoms with E-state index in [0.29, 0.717) is 56.5 Å². The summed E-state index contributed by atoms with van der Waals surface area (Å²) >= 11 is 0. The third-order valence-electron chi connectivity index (χ3n) is 6.65. The van der Waals surface area contributed by atoms with Gasteiger partial charge in [0.15, 0.2) is 11.5 Å². The minimum Gasteiger partial charge on any atom is -0.493 e.